The molecular formula is C14H15NO5S. The molecule has 0 aliphatic heterocycles. The topological polar surface area (TPSA) is 66.9 Å². The number of aromatic nitrogens is 1. The van der Waals surface area contributed by atoms with E-state index in [-0.39, 0.29) is 6.61 Å². The van der Waals surface area contributed by atoms with Crippen LogP contribution in [0.1, 0.15) is 15.4 Å². The van der Waals surface area contributed by atoms with E-state index in [4.69, 9.17) is 18.9 Å². The summed E-state index contributed by atoms with van der Waals surface area (Å²) >= 11 is 1.42. The van der Waals surface area contributed by atoms with Crippen LogP contribution < -0.4 is 14.2 Å². The number of thiazole rings is 1. The summed E-state index contributed by atoms with van der Waals surface area (Å²) in [6.45, 7) is 0.132. The molecule has 6 nitrogen and oxygen atoms in total. The second kappa shape index (κ2) is 6.94. The Hall–Kier alpha value is -2.28. The molecule has 0 atom stereocenters. The van der Waals surface area contributed by atoms with Gasteiger partial charge in [-0.15, -0.1) is 11.3 Å². The molecule has 0 aliphatic rings. The zero-order valence-electron chi connectivity index (χ0n) is 11.9. The highest BCUT2D eigenvalue weighted by atomic mass is 32.1. The molecular weight excluding hydrogens is 294 g/mol. The zero-order chi connectivity index (χ0) is 15.2. The largest absolute Gasteiger partial charge is 0.493 e. The minimum absolute atomic E-state index is 0.132. The molecule has 0 saturated heterocycles. The lowest BCUT2D eigenvalue weighted by Crippen LogP contribution is -2.06. The normalized spacial score (nSPS) is 10.0. The van der Waals surface area contributed by atoms with Crippen molar-refractivity contribution in [1.29, 1.82) is 0 Å². The summed E-state index contributed by atoms with van der Waals surface area (Å²) in [4.78, 5) is 16.1. The average molecular weight is 309 g/mol. The number of hydrogen-bond acceptors (Lipinski definition) is 7. The second-order valence-corrected chi connectivity index (χ2v) is 4.90. The monoisotopic (exact) mass is 309 g/mol. The average Bonchev–Trinajstić information content (AvgIpc) is 3.04. The number of benzene rings is 1. The van der Waals surface area contributed by atoms with Gasteiger partial charge in [-0.25, -0.2) is 9.78 Å². The SMILES string of the molecule is COc1cc(C(=O)OCc2nccs2)cc(OC)c1OC. The minimum Gasteiger partial charge on any atom is -0.493 e. The molecule has 0 unspecified atom stereocenters. The van der Waals surface area contributed by atoms with Crippen LogP contribution in [0.4, 0.5) is 0 Å². The third kappa shape index (κ3) is 3.43. The fourth-order valence-corrected chi connectivity index (χ4v) is 2.26. The van der Waals surface area contributed by atoms with Crippen molar-refractivity contribution < 1.29 is 23.7 Å². The lowest BCUT2D eigenvalue weighted by molar-refractivity contribution is 0.0471. The van der Waals surface area contributed by atoms with E-state index in [1.807, 2.05) is 5.38 Å². The van der Waals surface area contributed by atoms with E-state index in [0.717, 1.165) is 5.01 Å². The number of rotatable bonds is 6. The maximum Gasteiger partial charge on any atom is 0.338 e. The van der Waals surface area contributed by atoms with Crippen LogP contribution in [0, 0.1) is 0 Å². The van der Waals surface area contributed by atoms with E-state index in [1.165, 1.54) is 32.7 Å². The fraction of sp³-hybridized carbons (Fsp3) is 0.286. The molecule has 1 aromatic carbocycles. The Labute approximate surface area is 126 Å². The lowest BCUT2D eigenvalue weighted by Gasteiger charge is -2.13. The number of carbonyl (C=O) groups excluding carboxylic acids is 1. The number of ether oxygens (including phenoxy) is 4. The summed E-state index contributed by atoms with van der Waals surface area (Å²) in [5.74, 6) is 0.747. The predicted molar refractivity (Wildman–Crippen MR) is 77.3 cm³/mol. The molecule has 0 bridgehead atoms. The molecule has 2 rings (SSSR count). The quantitative estimate of drug-likeness (QED) is 0.764. The Balaban J connectivity index is 2.20. The van der Waals surface area contributed by atoms with Crippen molar-refractivity contribution in [2.75, 3.05) is 21.3 Å². The standard InChI is InChI=1S/C14H15NO5S/c1-17-10-6-9(7-11(18-2)13(10)19-3)14(16)20-8-12-15-4-5-21-12/h4-7H,8H2,1-3H3. The Kier molecular flexibility index (Phi) is 4.99. The van der Waals surface area contributed by atoms with Gasteiger partial charge in [0.05, 0.1) is 26.9 Å². The molecule has 1 aromatic heterocycles. The maximum absolute atomic E-state index is 12.1. The molecule has 21 heavy (non-hydrogen) atoms. The smallest absolute Gasteiger partial charge is 0.338 e. The second-order valence-electron chi connectivity index (χ2n) is 3.92. The first-order valence-corrected chi connectivity index (χ1v) is 6.93. The van der Waals surface area contributed by atoms with E-state index >= 15 is 0 Å². The highest BCUT2D eigenvalue weighted by Crippen LogP contribution is 2.38. The number of carbonyl (C=O) groups is 1. The van der Waals surface area contributed by atoms with Crippen LogP contribution >= 0.6 is 11.3 Å². The van der Waals surface area contributed by atoms with Crippen molar-refractivity contribution >= 4 is 17.3 Å². The van der Waals surface area contributed by atoms with Gasteiger partial charge in [0.1, 0.15) is 11.6 Å². The Morgan fingerprint density at radius 1 is 1.14 bits per heavy atom. The molecule has 0 radical (unpaired) electrons. The van der Waals surface area contributed by atoms with E-state index < -0.39 is 5.97 Å². The van der Waals surface area contributed by atoms with Gasteiger partial charge in [-0.05, 0) is 12.1 Å². The minimum atomic E-state index is -0.482. The first-order valence-electron chi connectivity index (χ1n) is 6.05. The molecule has 0 saturated carbocycles. The highest BCUT2D eigenvalue weighted by molar-refractivity contribution is 7.09. The van der Waals surface area contributed by atoms with Crippen LogP contribution in [0.25, 0.3) is 0 Å². The molecule has 1 heterocycles. The number of methoxy groups -OCH3 is 3. The van der Waals surface area contributed by atoms with E-state index in [2.05, 4.69) is 4.98 Å². The molecule has 112 valence electrons. The van der Waals surface area contributed by atoms with E-state index in [1.54, 1.807) is 18.3 Å². The van der Waals surface area contributed by atoms with E-state index in [0.29, 0.717) is 22.8 Å². The molecule has 2 aromatic rings. The van der Waals surface area contributed by atoms with Gasteiger partial charge in [-0.2, -0.15) is 0 Å². The van der Waals surface area contributed by atoms with Gasteiger partial charge in [-0.3, -0.25) is 0 Å². The van der Waals surface area contributed by atoms with Crippen LogP contribution in [-0.4, -0.2) is 32.3 Å². The lowest BCUT2D eigenvalue weighted by atomic mass is 10.2. The van der Waals surface area contributed by atoms with Crippen molar-refractivity contribution in [2.45, 2.75) is 6.61 Å². The van der Waals surface area contributed by atoms with E-state index in [9.17, 15) is 4.79 Å². The molecule has 0 N–H and O–H groups in total. The predicted octanol–water partition coefficient (Wildman–Crippen LogP) is 2.53. The van der Waals surface area contributed by atoms with Crippen molar-refractivity contribution in [2.24, 2.45) is 0 Å². The summed E-state index contributed by atoms with van der Waals surface area (Å²) in [6, 6.07) is 3.09. The van der Waals surface area contributed by atoms with Gasteiger partial charge in [-0.1, -0.05) is 0 Å². The first-order chi connectivity index (χ1) is 10.2. The Bertz CT molecular complexity index is 587. The van der Waals surface area contributed by atoms with Gasteiger partial charge in [0.15, 0.2) is 11.5 Å². The number of nitrogens with zero attached hydrogens (tertiary/aromatic N) is 1. The van der Waals surface area contributed by atoms with Crippen LogP contribution in [0.5, 0.6) is 17.2 Å². The summed E-state index contributed by atoms with van der Waals surface area (Å²) in [5.41, 5.74) is 0.320. The summed E-state index contributed by atoms with van der Waals surface area (Å²) < 4.78 is 20.8. The molecule has 7 heteroatoms. The molecule has 0 spiro atoms. The Morgan fingerprint density at radius 2 is 1.81 bits per heavy atom. The number of hydrogen-bond donors (Lipinski definition) is 0. The summed E-state index contributed by atoms with van der Waals surface area (Å²) in [7, 11) is 4.48. The third-order valence-electron chi connectivity index (χ3n) is 2.71. The molecule has 0 aliphatic carbocycles. The van der Waals surface area contributed by atoms with Crippen molar-refractivity contribution in [1.82, 2.24) is 4.98 Å². The molecule has 0 amide bonds. The Morgan fingerprint density at radius 3 is 2.29 bits per heavy atom. The van der Waals surface area contributed by atoms with Gasteiger partial charge in [0.2, 0.25) is 5.75 Å². The van der Waals surface area contributed by atoms with Crippen LogP contribution in [0.2, 0.25) is 0 Å². The van der Waals surface area contributed by atoms with Gasteiger partial charge >= 0.3 is 5.97 Å². The third-order valence-corrected chi connectivity index (χ3v) is 3.46. The van der Waals surface area contributed by atoms with Crippen LogP contribution in [0.15, 0.2) is 23.7 Å². The zero-order valence-corrected chi connectivity index (χ0v) is 12.7. The van der Waals surface area contributed by atoms with Crippen molar-refractivity contribution in [3.8, 4) is 17.2 Å². The highest BCUT2D eigenvalue weighted by Gasteiger charge is 2.18. The summed E-state index contributed by atoms with van der Waals surface area (Å²) in [5, 5.41) is 2.55. The van der Waals surface area contributed by atoms with Gasteiger partial charge < -0.3 is 18.9 Å². The maximum atomic E-state index is 12.1. The van der Waals surface area contributed by atoms with Crippen molar-refractivity contribution in [3.05, 3.63) is 34.3 Å². The van der Waals surface area contributed by atoms with Gasteiger partial charge in [0, 0.05) is 11.6 Å². The van der Waals surface area contributed by atoms with Crippen molar-refractivity contribution in [3.63, 3.8) is 0 Å². The first kappa shape index (κ1) is 15.1. The van der Waals surface area contributed by atoms with Crippen LogP contribution in [-0.2, 0) is 11.3 Å². The number of esters is 1. The fourth-order valence-electron chi connectivity index (χ4n) is 1.73. The molecule has 0 fully saturated rings. The summed E-state index contributed by atoms with van der Waals surface area (Å²) in [6.07, 6.45) is 1.66. The van der Waals surface area contributed by atoms with Gasteiger partial charge in [0.25, 0.3) is 0 Å². The van der Waals surface area contributed by atoms with Crippen LogP contribution in [0.3, 0.4) is 0 Å².